The van der Waals surface area contributed by atoms with E-state index in [1.165, 1.54) is 16.7 Å². The lowest BCUT2D eigenvalue weighted by molar-refractivity contribution is -0.140. The van der Waals surface area contributed by atoms with E-state index < -0.39 is 12.0 Å². The number of thioether (sulfide) groups is 1. The minimum Gasteiger partial charge on any atom is -0.480 e. The number of aliphatic carboxylic acids is 1. The Balaban J connectivity index is 1.95. The number of nitrogens with one attached hydrogen (secondary N) is 1. The molecule has 0 unspecified atom stereocenters. The van der Waals surface area contributed by atoms with Gasteiger partial charge in [0.25, 0.3) is 0 Å². The van der Waals surface area contributed by atoms with Crippen LogP contribution in [0.4, 0.5) is 4.79 Å². The van der Waals surface area contributed by atoms with Gasteiger partial charge in [-0.2, -0.15) is 0 Å². The van der Waals surface area contributed by atoms with Crippen LogP contribution in [0.15, 0.2) is 18.3 Å². The summed E-state index contributed by atoms with van der Waals surface area (Å²) < 4.78 is 0. The molecule has 0 aliphatic carbocycles. The number of urea groups is 1. The summed E-state index contributed by atoms with van der Waals surface area (Å²) >= 11 is 1.44. The molecule has 2 N–H and O–H groups in total. The number of carbonyl (C=O) groups excluding carboxylic acids is 1. The van der Waals surface area contributed by atoms with Crippen molar-refractivity contribution in [3.05, 3.63) is 29.6 Å². The first-order chi connectivity index (χ1) is 9.09. The fourth-order valence-electron chi connectivity index (χ4n) is 1.81. The van der Waals surface area contributed by atoms with Gasteiger partial charge >= 0.3 is 12.0 Å². The van der Waals surface area contributed by atoms with Crippen molar-refractivity contribution in [2.24, 2.45) is 0 Å². The van der Waals surface area contributed by atoms with Gasteiger partial charge in [-0.05, 0) is 18.6 Å². The van der Waals surface area contributed by atoms with Crippen molar-refractivity contribution in [2.45, 2.75) is 19.5 Å². The van der Waals surface area contributed by atoms with Crippen LogP contribution in [0.5, 0.6) is 0 Å². The normalized spacial score (nSPS) is 18.4. The van der Waals surface area contributed by atoms with E-state index in [1.54, 1.807) is 6.20 Å². The largest absolute Gasteiger partial charge is 0.480 e. The lowest BCUT2D eigenvalue weighted by atomic mass is 10.2. The molecule has 6 nitrogen and oxygen atoms in total. The summed E-state index contributed by atoms with van der Waals surface area (Å²) in [5, 5.41) is 11.7. The van der Waals surface area contributed by atoms with E-state index in [9.17, 15) is 9.59 Å². The van der Waals surface area contributed by atoms with Crippen LogP contribution in [0.2, 0.25) is 0 Å². The Bertz CT molecular complexity index is 495. The maximum atomic E-state index is 12.0. The zero-order valence-electron chi connectivity index (χ0n) is 10.5. The van der Waals surface area contributed by atoms with Gasteiger partial charge < -0.3 is 15.3 Å². The third kappa shape index (κ3) is 3.17. The number of pyridine rings is 1. The topological polar surface area (TPSA) is 82.5 Å². The van der Waals surface area contributed by atoms with Crippen LogP contribution >= 0.6 is 11.8 Å². The molecule has 19 heavy (non-hydrogen) atoms. The van der Waals surface area contributed by atoms with Crippen molar-refractivity contribution in [2.75, 3.05) is 11.6 Å². The quantitative estimate of drug-likeness (QED) is 0.865. The summed E-state index contributed by atoms with van der Waals surface area (Å²) in [6.07, 6.45) is 1.67. The smallest absolute Gasteiger partial charge is 0.327 e. The summed E-state index contributed by atoms with van der Waals surface area (Å²) in [7, 11) is 0. The molecule has 2 heterocycles. The molecule has 0 saturated carbocycles. The van der Waals surface area contributed by atoms with Gasteiger partial charge in [0.05, 0.1) is 18.1 Å². The Labute approximate surface area is 115 Å². The lowest BCUT2D eigenvalue weighted by Gasteiger charge is -2.20. The fourth-order valence-corrected chi connectivity index (χ4v) is 2.96. The lowest BCUT2D eigenvalue weighted by Crippen LogP contribution is -2.46. The van der Waals surface area contributed by atoms with Gasteiger partial charge in [-0.15, -0.1) is 11.8 Å². The second-order valence-electron chi connectivity index (χ2n) is 4.25. The van der Waals surface area contributed by atoms with Crippen molar-refractivity contribution in [3.8, 4) is 0 Å². The first kappa shape index (κ1) is 13.7. The number of carbonyl (C=O) groups is 2. The van der Waals surface area contributed by atoms with Crippen LogP contribution in [0.3, 0.4) is 0 Å². The zero-order chi connectivity index (χ0) is 13.8. The van der Waals surface area contributed by atoms with Gasteiger partial charge in [-0.1, -0.05) is 6.07 Å². The van der Waals surface area contributed by atoms with Crippen molar-refractivity contribution in [1.29, 1.82) is 0 Å². The number of carboxylic acid groups (broad SMARTS) is 1. The molecule has 102 valence electrons. The average Bonchev–Trinajstić information content (AvgIpc) is 2.87. The number of hydrogen-bond donors (Lipinski definition) is 2. The molecule has 1 atom stereocenters. The minimum absolute atomic E-state index is 0.305. The van der Waals surface area contributed by atoms with Crippen molar-refractivity contribution in [3.63, 3.8) is 0 Å². The Kier molecular flexibility index (Phi) is 4.26. The van der Waals surface area contributed by atoms with Crippen LogP contribution in [-0.2, 0) is 11.3 Å². The van der Waals surface area contributed by atoms with Gasteiger partial charge in [0.1, 0.15) is 6.04 Å². The summed E-state index contributed by atoms with van der Waals surface area (Å²) in [5.41, 5.74) is 1.78. The molecule has 2 rings (SSSR count). The van der Waals surface area contributed by atoms with E-state index in [2.05, 4.69) is 10.3 Å². The Morgan fingerprint density at radius 2 is 2.42 bits per heavy atom. The number of rotatable bonds is 3. The molecule has 0 aromatic carbocycles. The van der Waals surface area contributed by atoms with Crippen LogP contribution in [0.25, 0.3) is 0 Å². The molecule has 0 radical (unpaired) electrons. The van der Waals surface area contributed by atoms with Crippen LogP contribution < -0.4 is 5.32 Å². The first-order valence-electron chi connectivity index (χ1n) is 5.85. The van der Waals surface area contributed by atoms with E-state index in [0.29, 0.717) is 18.2 Å². The van der Waals surface area contributed by atoms with Gasteiger partial charge in [0.15, 0.2) is 0 Å². The Hall–Kier alpha value is -1.76. The highest BCUT2D eigenvalue weighted by Gasteiger charge is 2.34. The van der Waals surface area contributed by atoms with E-state index in [1.807, 2.05) is 19.1 Å². The van der Waals surface area contributed by atoms with E-state index in [4.69, 9.17) is 5.11 Å². The molecule has 0 bridgehead atoms. The highest BCUT2D eigenvalue weighted by Crippen LogP contribution is 2.20. The Morgan fingerprint density at radius 1 is 1.63 bits per heavy atom. The van der Waals surface area contributed by atoms with Crippen LogP contribution in [-0.4, -0.2) is 44.7 Å². The van der Waals surface area contributed by atoms with Gasteiger partial charge in [0, 0.05) is 11.9 Å². The zero-order valence-corrected chi connectivity index (χ0v) is 11.3. The van der Waals surface area contributed by atoms with Gasteiger partial charge in [-0.3, -0.25) is 4.98 Å². The molecular formula is C12H15N3O3S. The number of aryl methyl sites for hydroxylation is 1. The standard InChI is InChI=1S/C12H15N3O3S/c1-8-3-2-4-13-9(8)5-14-12(18)15-7-19-6-10(15)11(16)17/h2-4,10H,5-7H2,1H3,(H,14,18)(H,16,17)/t10-/m0/s1. The van der Waals surface area contributed by atoms with E-state index in [-0.39, 0.29) is 6.03 Å². The highest BCUT2D eigenvalue weighted by atomic mass is 32.2. The average molecular weight is 281 g/mol. The molecule has 1 fully saturated rings. The molecule has 1 aliphatic heterocycles. The maximum Gasteiger partial charge on any atom is 0.327 e. The number of nitrogens with zero attached hydrogens (tertiary/aromatic N) is 2. The molecule has 0 spiro atoms. The molecule has 2 amide bonds. The Morgan fingerprint density at radius 3 is 3.11 bits per heavy atom. The van der Waals surface area contributed by atoms with Crippen molar-refractivity contribution < 1.29 is 14.7 Å². The second-order valence-corrected chi connectivity index (χ2v) is 5.25. The van der Waals surface area contributed by atoms with E-state index >= 15 is 0 Å². The van der Waals surface area contributed by atoms with Crippen LogP contribution in [0.1, 0.15) is 11.3 Å². The molecule has 1 saturated heterocycles. The molecular weight excluding hydrogens is 266 g/mol. The summed E-state index contributed by atoms with van der Waals surface area (Å²) in [4.78, 5) is 28.5. The predicted octanol–water partition coefficient (Wildman–Crippen LogP) is 1.06. The highest BCUT2D eigenvalue weighted by molar-refractivity contribution is 7.99. The monoisotopic (exact) mass is 281 g/mol. The maximum absolute atomic E-state index is 12.0. The fraction of sp³-hybridized carbons (Fsp3) is 0.417. The van der Waals surface area contributed by atoms with Crippen molar-refractivity contribution in [1.82, 2.24) is 15.2 Å². The minimum atomic E-state index is -0.964. The number of amides is 2. The van der Waals surface area contributed by atoms with Gasteiger partial charge in [-0.25, -0.2) is 9.59 Å². The molecule has 1 aromatic heterocycles. The number of hydrogen-bond acceptors (Lipinski definition) is 4. The third-order valence-electron chi connectivity index (χ3n) is 2.95. The summed E-state index contributed by atoms with van der Waals surface area (Å²) in [5.74, 6) is -0.121. The number of aromatic nitrogens is 1. The second kappa shape index (κ2) is 5.92. The van der Waals surface area contributed by atoms with Gasteiger partial charge in [0.2, 0.25) is 0 Å². The first-order valence-corrected chi connectivity index (χ1v) is 7.00. The summed E-state index contributed by atoms with van der Waals surface area (Å²) in [6, 6.07) is 2.65. The molecule has 1 aliphatic rings. The summed E-state index contributed by atoms with van der Waals surface area (Å²) in [6.45, 7) is 2.22. The van der Waals surface area contributed by atoms with Crippen molar-refractivity contribution >= 4 is 23.8 Å². The SMILES string of the molecule is Cc1cccnc1CNC(=O)N1CSC[C@H]1C(=O)O. The molecule has 1 aromatic rings. The molecule has 7 heteroatoms. The number of carboxylic acids is 1. The predicted molar refractivity (Wildman–Crippen MR) is 71.8 cm³/mol. The third-order valence-corrected chi connectivity index (χ3v) is 3.97. The van der Waals surface area contributed by atoms with E-state index in [0.717, 1.165) is 11.3 Å². The van der Waals surface area contributed by atoms with Crippen LogP contribution in [0, 0.1) is 6.92 Å².